The summed E-state index contributed by atoms with van der Waals surface area (Å²) in [6, 6.07) is 11.3. The van der Waals surface area contributed by atoms with Gasteiger partial charge in [0, 0.05) is 23.8 Å². The molecule has 24 nitrogen and oxygen atoms in total. The third kappa shape index (κ3) is 10.1. The first-order chi connectivity index (χ1) is 32.0. The Bertz CT molecular complexity index is 2440. The molecule has 3 aromatic carbocycles. The number of phenols is 2. The van der Waals surface area contributed by atoms with E-state index in [9.17, 15) is 76.0 Å². The summed E-state index contributed by atoms with van der Waals surface area (Å²) in [4.78, 5) is 27.4. The van der Waals surface area contributed by atoms with Crippen LogP contribution in [0.25, 0.3) is 28.4 Å². The lowest BCUT2D eigenvalue weighted by Crippen LogP contribution is -2.61. The van der Waals surface area contributed by atoms with E-state index in [0.717, 1.165) is 18.2 Å². The highest BCUT2D eigenvalue weighted by Gasteiger charge is 2.49. The molecule has 0 radical (unpaired) electrons. The van der Waals surface area contributed by atoms with Crippen molar-refractivity contribution in [2.45, 2.75) is 92.1 Å². The van der Waals surface area contributed by atoms with Crippen LogP contribution in [0.15, 0.2) is 69.9 Å². The van der Waals surface area contributed by atoms with E-state index >= 15 is 0 Å². The van der Waals surface area contributed by atoms with Crippen LogP contribution in [-0.2, 0) is 23.7 Å². The molecule has 15 unspecified atom stereocenters. The number of hydrogen-bond donors (Lipinski definition) is 13. The molecule has 4 aromatic rings. The summed E-state index contributed by atoms with van der Waals surface area (Å²) in [5.74, 6) is -3.52. The highest BCUT2D eigenvalue weighted by molar-refractivity contribution is 5.89. The van der Waals surface area contributed by atoms with Crippen molar-refractivity contribution in [3.05, 3.63) is 76.5 Å². The zero-order valence-corrected chi connectivity index (χ0v) is 34.9. The van der Waals surface area contributed by atoms with E-state index in [1.807, 2.05) is 0 Å². The molecule has 3 aliphatic heterocycles. The van der Waals surface area contributed by atoms with Gasteiger partial charge in [0.25, 0.3) is 0 Å². The summed E-state index contributed by atoms with van der Waals surface area (Å²) in [7, 11) is 1.32. The third-order valence-electron chi connectivity index (χ3n) is 11.2. The monoisotopic (exact) mass is 948 g/mol. The van der Waals surface area contributed by atoms with Gasteiger partial charge in [-0.2, -0.15) is 0 Å². The number of carbonyl (C=O) groups is 1. The molecular weight excluding hydrogens is 900 g/mol. The van der Waals surface area contributed by atoms with Gasteiger partial charge in [0.1, 0.15) is 95.4 Å². The molecule has 3 saturated heterocycles. The van der Waals surface area contributed by atoms with Crippen molar-refractivity contribution in [2.24, 2.45) is 0 Å². The summed E-state index contributed by atoms with van der Waals surface area (Å²) in [6.45, 7) is -2.42. The predicted octanol–water partition coefficient (Wildman–Crippen LogP) is -3.32. The summed E-state index contributed by atoms with van der Waals surface area (Å²) >= 11 is 0. The molecule has 0 saturated carbocycles. The molecular formula is C43H48O24. The van der Waals surface area contributed by atoms with Crippen molar-refractivity contribution in [1.29, 1.82) is 0 Å². The lowest BCUT2D eigenvalue weighted by atomic mass is 9.99. The van der Waals surface area contributed by atoms with Crippen molar-refractivity contribution >= 4 is 23.0 Å². The number of rotatable bonds is 14. The Morgan fingerprint density at radius 3 is 1.76 bits per heavy atom. The molecule has 0 aliphatic carbocycles. The Kier molecular flexibility index (Phi) is 15.2. The largest absolute Gasteiger partial charge is 0.507 e. The van der Waals surface area contributed by atoms with Crippen LogP contribution in [-0.4, -0.2) is 191 Å². The average Bonchev–Trinajstić information content (AvgIpc) is 3.32. The summed E-state index contributed by atoms with van der Waals surface area (Å²) in [6.07, 6.45) is -23.8. The number of phenolic OH excluding ortho intramolecular Hbond substituents is 2. The van der Waals surface area contributed by atoms with Gasteiger partial charge < -0.3 is 109 Å². The molecule has 3 fully saturated rings. The van der Waals surface area contributed by atoms with Crippen molar-refractivity contribution in [1.82, 2.24) is 0 Å². The molecule has 24 heteroatoms. The molecule has 364 valence electrons. The van der Waals surface area contributed by atoms with Crippen LogP contribution in [0.3, 0.4) is 0 Å². The van der Waals surface area contributed by atoms with E-state index < -0.39 is 152 Å². The molecule has 0 amide bonds. The smallest absolute Gasteiger partial charge is 0.331 e. The van der Waals surface area contributed by atoms with Crippen molar-refractivity contribution in [3.63, 3.8) is 0 Å². The predicted molar refractivity (Wildman–Crippen MR) is 220 cm³/mol. The first-order valence-electron chi connectivity index (χ1n) is 20.4. The maximum Gasteiger partial charge on any atom is 0.331 e. The number of aromatic hydroxyl groups is 2. The standard InChI is InChI=1S/C43H48O24/c1-59-22-10-16(2-8-20(22)47)3-9-27(49)66-40-35(56)31(52)26(15-46)65-43(40)61-19-11-21(48)28-23(12-19)62-38(39(32(28)53)67-42-37(58)34(55)30(51)25(14-45)64-42)17-4-6-18(7-5-17)60-41-36(57)33(54)29(50)24(13-44)63-41/h2-12,24-26,29-31,33-37,40-48,50-52,54-58H,13-15H2,1H3. The van der Waals surface area contributed by atoms with Crippen LogP contribution >= 0.6 is 0 Å². The Hall–Kier alpha value is -5.68. The molecule has 7 rings (SSSR count). The fourth-order valence-corrected chi connectivity index (χ4v) is 7.43. The van der Waals surface area contributed by atoms with E-state index in [4.69, 9.17) is 42.3 Å². The Morgan fingerprint density at radius 1 is 0.627 bits per heavy atom. The normalized spacial score (nSPS) is 32.2. The van der Waals surface area contributed by atoms with Crippen LogP contribution in [0.2, 0.25) is 0 Å². The average molecular weight is 949 g/mol. The fourth-order valence-electron chi connectivity index (χ4n) is 7.43. The summed E-state index contributed by atoms with van der Waals surface area (Å²) in [5, 5.41) is 134. The second-order valence-corrected chi connectivity index (χ2v) is 15.6. The maximum absolute atomic E-state index is 14.3. The van der Waals surface area contributed by atoms with Gasteiger partial charge in [-0.15, -0.1) is 0 Å². The Balaban J connectivity index is 1.23. The first-order valence-corrected chi connectivity index (χ1v) is 20.4. The van der Waals surface area contributed by atoms with Crippen LogP contribution in [0.5, 0.6) is 34.5 Å². The number of hydrogen-bond acceptors (Lipinski definition) is 24. The number of aliphatic hydroxyl groups excluding tert-OH is 11. The van der Waals surface area contributed by atoms with E-state index in [1.165, 1.54) is 55.7 Å². The highest BCUT2D eigenvalue weighted by Crippen LogP contribution is 2.39. The molecule has 67 heavy (non-hydrogen) atoms. The second kappa shape index (κ2) is 20.7. The molecule has 4 heterocycles. The van der Waals surface area contributed by atoms with E-state index in [1.54, 1.807) is 0 Å². The van der Waals surface area contributed by atoms with Gasteiger partial charge in [-0.05, 0) is 48.0 Å². The number of benzene rings is 3. The van der Waals surface area contributed by atoms with Crippen LogP contribution in [0.1, 0.15) is 5.56 Å². The van der Waals surface area contributed by atoms with Gasteiger partial charge >= 0.3 is 5.97 Å². The van der Waals surface area contributed by atoms with E-state index in [0.29, 0.717) is 5.56 Å². The summed E-state index contributed by atoms with van der Waals surface area (Å²) in [5.41, 5.74) is -1.13. The SMILES string of the molecule is COc1cc(C=CC(=O)OC2C(Oc3cc(O)c4c(=O)c(OC5OC(CO)C(O)C(O)C5O)c(-c5ccc(OC6OC(CO)C(O)C(O)C6O)cc5)oc4c3)OC(CO)C(O)C2O)ccc1O. The fraction of sp³-hybridized carbons (Fsp3) is 0.442. The van der Waals surface area contributed by atoms with Crippen LogP contribution in [0, 0.1) is 0 Å². The number of carbonyl (C=O) groups excluding carboxylic acids is 1. The van der Waals surface area contributed by atoms with Gasteiger partial charge in [-0.25, -0.2) is 4.79 Å². The van der Waals surface area contributed by atoms with Gasteiger partial charge in [0.2, 0.25) is 30.0 Å². The highest BCUT2D eigenvalue weighted by atomic mass is 16.7. The Labute approximate surface area is 377 Å². The number of fused-ring (bicyclic) bond motifs is 1. The quantitative estimate of drug-likeness (QED) is 0.0434. The third-order valence-corrected chi connectivity index (χ3v) is 11.2. The summed E-state index contributed by atoms with van der Waals surface area (Å²) < 4.78 is 50.5. The number of methoxy groups -OCH3 is 1. The number of aliphatic hydroxyl groups is 11. The van der Waals surface area contributed by atoms with E-state index in [-0.39, 0.29) is 28.6 Å². The Morgan fingerprint density at radius 2 is 1.18 bits per heavy atom. The van der Waals surface area contributed by atoms with Crippen molar-refractivity contribution in [2.75, 3.05) is 26.9 Å². The minimum absolute atomic E-state index is 0.00912. The molecule has 0 bridgehead atoms. The maximum atomic E-state index is 14.3. The van der Waals surface area contributed by atoms with Gasteiger partial charge in [-0.3, -0.25) is 4.79 Å². The molecule has 15 atom stereocenters. The van der Waals surface area contributed by atoms with Gasteiger partial charge in [0.05, 0.1) is 26.9 Å². The van der Waals surface area contributed by atoms with Crippen LogP contribution < -0.4 is 24.4 Å². The molecule has 13 N–H and O–H groups in total. The second-order valence-electron chi connectivity index (χ2n) is 15.6. The van der Waals surface area contributed by atoms with Gasteiger partial charge in [0.15, 0.2) is 23.4 Å². The lowest BCUT2D eigenvalue weighted by Gasteiger charge is -2.41. The first kappa shape index (κ1) is 49.2. The minimum Gasteiger partial charge on any atom is -0.507 e. The van der Waals surface area contributed by atoms with Gasteiger partial charge in [-0.1, -0.05) is 6.07 Å². The van der Waals surface area contributed by atoms with Crippen LogP contribution in [0.4, 0.5) is 0 Å². The van der Waals surface area contributed by atoms with Crippen molar-refractivity contribution in [3.8, 4) is 45.8 Å². The zero-order chi connectivity index (χ0) is 48.4. The molecule has 1 aromatic heterocycles. The molecule has 0 spiro atoms. The van der Waals surface area contributed by atoms with Crippen molar-refractivity contribution < 1.29 is 113 Å². The zero-order valence-electron chi connectivity index (χ0n) is 34.9. The number of ether oxygens (including phenoxy) is 8. The molecule has 3 aliphatic rings. The number of esters is 1. The minimum atomic E-state index is -2.01. The topological polar surface area (TPSA) is 384 Å². The van der Waals surface area contributed by atoms with E-state index in [2.05, 4.69) is 0 Å². The lowest BCUT2D eigenvalue weighted by molar-refractivity contribution is -0.281.